The van der Waals surface area contributed by atoms with Gasteiger partial charge in [-0.1, -0.05) is 29.3 Å². The summed E-state index contributed by atoms with van der Waals surface area (Å²) in [5, 5.41) is 14.4. The zero-order chi connectivity index (χ0) is 17.5. The summed E-state index contributed by atoms with van der Waals surface area (Å²) in [6.07, 6.45) is 1.29. The normalized spacial score (nSPS) is 10.6. The molecule has 0 saturated carbocycles. The van der Waals surface area contributed by atoms with Crippen LogP contribution in [0.5, 0.6) is 17.2 Å². The molecule has 0 spiro atoms. The van der Waals surface area contributed by atoms with Crippen LogP contribution < -0.4 is 14.9 Å². The minimum Gasteiger partial charge on any atom is -0.504 e. The highest BCUT2D eigenvalue weighted by Crippen LogP contribution is 2.28. The SMILES string of the molecule is COc1cccc(C=NNC(=O)COc2cc(Cl)ccc2Cl)c1O. The van der Waals surface area contributed by atoms with Crippen molar-refractivity contribution in [1.29, 1.82) is 0 Å². The van der Waals surface area contributed by atoms with Crippen molar-refractivity contribution in [1.82, 2.24) is 5.43 Å². The molecule has 0 aromatic heterocycles. The van der Waals surface area contributed by atoms with Gasteiger partial charge < -0.3 is 14.6 Å². The number of halogens is 2. The zero-order valence-electron chi connectivity index (χ0n) is 12.6. The van der Waals surface area contributed by atoms with Gasteiger partial charge in [-0.3, -0.25) is 4.79 Å². The van der Waals surface area contributed by atoms with Gasteiger partial charge in [-0.05, 0) is 24.3 Å². The van der Waals surface area contributed by atoms with Crippen LogP contribution in [0.1, 0.15) is 5.56 Å². The quantitative estimate of drug-likeness (QED) is 0.605. The average Bonchev–Trinajstić information content (AvgIpc) is 2.57. The van der Waals surface area contributed by atoms with Crippen LogP contribution >= 0.6 is 23.2 Å². The maximum atomic E-state index is 11.7. The Kier molecular flexibility index (Phi) is 6.28. The lowest BCUT2D eigenvalue weighted by atomic mass is 10.2. The van der Waals surface area contributed by atoms with Gasteiger partial charge in [0, 0.05) is 16.7 Å². The van der Waals surface area contributed by atoms with Crippen LogP contribution in [0.15, 0.2) is 41.5 Å². The van der Waals surface area contributed by atoms with Gasteiger partial charge in [0.25, 0.3) is 5.91 Å². The summed E-state index contributed by atoms with van der Waals surface area (Å²) in [7, 11) is 1.44. The molecule has 2 aromatic rings. The van der Waals surface area contributed by atoms with E-state index in [2.05, 4.69) is 10.5 Å². The van der Waals surface area contributed by atoms with E-state index >= 15 is 0 Å². The molecule has 1 amide bonds. The first-order chi connectivity index (χ1) is 11.5. The summed E-state index contributed by atoms with van der Waals surface area (Å²) in [6, 6.07) is 9.60. The number of phenolic OH excluding ortho intramolecular Hbond substituents is 1. The monoisotopic (exact) mass is 368 g/mol. The summed E-state index contributed by atoms with van der Waals surface area (Å²) >= 11 is 11.8. The fourth-order valence-corrected chi connectivity index (χ4v) is 2.08. The number of rotatable bonds is 6. The Morgan fingerprint density at radius 2 is 2.08 bits per heavy atom. The summed E-state index contributed by atoms with van der Waals surface area (Å²) in [5.41, 5.74) is 2.67. The number of carbonyl (C=O) groups excluding carboxylic acids is 1. The van der Waals surface area contributed by atoms with Gasteiger partial charge in [-0.25, -0.2) is 5.43 Å². The molecule has 2 rings (SSSR count). The zero-order valence-corrected chi connectivity index (χ0v) is 14.1. The minimum absolute atomic E-state index is 0.0695. The number of para-hydroxylation sites is 1. The first-order valence-corrected chi connectivity index (χ1v) is 7.52. The largest absolute Gasteiger partial charge is 0.504 e. The molecule has 24 heavy (non-hydrogen) atoms. The van der Waals surface area contributed by atoms with Crippen LogP contribution in [0, 0.1) is 0 Å². The van der Waals surface area contributed by atoms with Crippen LogP contribution in [0.25, 0.3) is 0 Å². The van der Waals surface area contributed by atoms with E-state index in [0.29, 0.717) is 27.1 Å². The molecule has 0 aliphatic heterocycles. The second-order valence-corrected chi connectivity index (χ2v) is 5.40. The number of phenols is 1. The molecule has 8 heteroatoms. The van der Waals surface area contributed by atoms with Crippen LogP contribution in [-0.2, 0) is 4.79 Å². The third kappa shape index (κ3) is 4.78. The molecule has 0 heterocycles. The number of aromatic hydroxyl groups is 1. The van der Waals surface area contributed by atoms with Gasteiger partial charge >= 0.3 is 0 Å². The van der Waals surface area contributed by atoms with Crippen molar-refractivity contribution in [3.8, 4) is 17.2 Å². The molecule has 0 aliphatic carbocycles. The number of hydrogen-bond donors (Lipinski definition) is 2. The van der Waals surface area contributed by atoms with Crippen molar-refractivity contribution in [3.63, 3.8) is 0 Å². The van der Waals surface area contributed by atoms with E-state index in [1.54, 1.807) is 30.3 Å². The molecule has 0 aliphatic rings. The summed E-state index contributed by atoms with van der Waals surface area (Å²) in [6.45, 7) is -0.290. The Morgan fingerprint density at radius 1 is 1.29 bits per heavy atom. The first-order valence-electron chi connectivity index (χ1n) is 6.77. The Balaban J connectivity index is 1.90. The van der Waals surface area contributed by atoms with Gasteiger partial charge in [0.1, 0.15) is 5.75 Å². The van der Waals surface area contributed by atoms with Gasteiger partial charge in [0.05, 0.1) is 18.3 Å². The van der Waals surface area contributed by atoms with Crippen LogP contribution in [0.3, 0.4) is 0 Å². The number of hydrogen-bond acceptors (Lipinski definition) is 5. The minimum atomic E-state index is -0.496. The number of nitrogens with zero attached hydrogens (tertiary/aromatic N) is 1. The predicted molar refractivity (Wildman–Crippen MR) is 92.4 cm³/mol. The van der Waals surface area contributed by atoms with Crippen molar-refractivity contribution in [2.24, 2.45) is 5.10 Å². The molecule has 0 unspecified atom stereocenters. The second kappa shape index (κ2) is 8.42. The smallest absolute Gasteiger partial charge is 0.277 e. The Hall–Kier alpha value is -2.44. The van der Waals surface area contributed by atoms with Gasteiger partial charge in [-0.15, -0.1) is 0 Å². The molecule has 0 fully saturated rings. The molecule has 0 radical (unpaired) electrons. The lowest BCUT2D eigenvalue weighted by Gasteiger charge is -2.07. The van der Waals surface area contributed by atoms with Crippen LogP contribution in [-0.4, -0.2) is 30.9 Å². The molecular formula is C16H14Cl2N2O4. The number of ether oxygens (including phenoxy) is 2. The molecule has 2 aromatic carbocycles. The Labute approximate surface area is 148 Å². The highest BCUT2D eigenvalue weighted by molar-refractivity contribution is 6.34. The number of benzene rings is 2. The lowest BCUT2D eigenvalue weighted by molar-refractivity contribution is -0.123. The first kappa shape index (κ1) is 17.9. The molecule has 0 bridgehead atoms. The Morgan fingerprint density at radius 3 is 2.83 bits per heavy atom. The molecule has 126 valence electrons. The number of amides is 1. The van der Waals surface area contributed by atoms with E-state index in [1.807, 2.05) is 0 Å². The third-order valence-electron chi connectivity index (χ3n) is 2.90. The number of carbonyl (C=O) groups is 1. The van der Waals surface area contributed by atoms with Crippen LogP contribution in [0.2, 0.25) is 10.0 Å². The maximum Gasteiger partial charge on any atom is 0.277 e. The van der Waals surface area contributed by atoms with Gasteiger partial charge in [0.15, 0.2) is 18.1 Å². The highest BCUT2D eigenvalue weighted by atomic mass is 35.5. The van der Waals surface area contributed by atoms with E-state index in [1.165, 1.54) is 19.4 Å². The van der Waals surface area contributed by atoms with Crippen molar-refractivity contribution in [2.75, 3.05) is 13.7 Å². The Bertz CT molecular complexity index is 766. The van der Waals surface area contributed by atoms with Crippen molar-refractivity contribution in [3.05, 3.63) is 52.0 Å². The molecule has 0 saturated heterocycles. The van der Waals surface area contributed by atoms with Crippen molar-refractivity contribution >= 4 is 35.3 Å². The van der Waals surface area contributed by atoms with E-state index in [9.17, 15) is 9.90 Å². The highest BCUT2D eigenvalue weighted by Gasteiger charge is 2.07. The summed E-state index contributed by atoms with van der Waals surface area (Å²) in [4.78, 5) is 11.7. The topological polar surface area (TPSA) is 80.2 Å². The maximum absolute atomic E-state index is 11.7. The van der Waals surface area contributed by atoms with Crippen LogP contribution in [0.4, 0.5) is 0 Å². The van der Waals surface area contributed by atoms with E-state index < -0.39 is 5.91 Å². The van der Waals surface area contributed by atoms with Crippen molar-refractivity contribution < 1.29 is 19.4 Å². The second-order valence-electron chi connectivity index (χ2n) is 4.55. The fourth-order valence-electron chi connectivity index (χ4n) is 1.75. The van der Waals surface area contributed by atoms with E-state index in [4.69, 9.17) is 32.7 Å². The van der Waals surface area contributed by atoms with Gasteiger partial charge in [-0.2, -0.15) is 5.10 Å². The molecule has 6 nitrogen and oxygen atoms in total. The average molecular weight is 369 g/mol. The third-order valence-corrected chi connectivity index (χ3v) is 3.44. The lowest BCUT2D eigenvalue weighted by Crippen LogP contribution is -2.24. The molecule has 0 atom stereocenters. The standard InChI is InChI=1S/C16H14Cl2N2O4/c1-23-13-4-2-3-10(16(13)22)8-19-20-15(21)9-24-14-7-11(17)5-6-12(14)18/h2-8,22H,9H2,1H3,(H,20,21). The number of methoxy groups -OCH3 is 1. The fraction of sp³-hybridized carbons (Fsp3) is 0.125. The predicted octanol–water partition coefficient (Wildman–Crippen LogP) is 3.24. The summed E-state index contributed by atoms with van der Waals surface area (Å²) < 4.78 is 10.2. The van der Waals surface area contributed by atoms with E-state index in [0.717, 1.165) is 0 Å². The molecular weight excluding hydrogens is 355 g/mol. The van der Waals surface area contributed by atoms with Gasteiger partial charge in [0.2, 0.25) is 0 Å². The number of hydrazone groups is 1. The summed E-state index contributed by atoms with van der Waals surface area (Å²) in [5.74, 6) is 0.0441. The van der Waals surface area contributed by atoms with E-state index in [-0.39, 0.29) is 12.4 Å². The van der Waals surface area contributed by atoms with Crippen molar-refractivity contribution in [2.45, 2.75) is 0 Å². The number of nitrogens with one attached hydrogen (secondary N) is 1. The molecule has 2 N–H and O–H groups in total.